The summed E-state index contributed by atoms with van der Waals surface area (Å²) in [6.07, 6.45) is 1.80. The lowest BCUT2D eigenvalue weighted by Crippen LogP contribution is -2.60. The van der Waals surface area contributed by atoms with Crippen LogP contribution in [-0.4, -0.2) is 22.6 Å². The van der Waals surface area contributed by atoms with E-state index in [1.165, 1.54) is 0 Å². The van der Waals surface area contributed by atoms with Gasteiger partial charge in [-0.15, -0.1) is 0 Å². The largest absolute Gasteiger partial charge is 0.480 e. The van der Waals surface area contributed by atoms with Gasteiger partial charge in [-0.05, 0) is 51.2 Å². The van der Waals surface area contributed by atoms with Gasteiger partial charge in [0.2, 0.25) is 0 Å². The number of aliphatic carboxylic acids is 1. The minimum atomic E-state index is -1.09. The molecule has 0 radical (unpaired) electrons. The highest BCUT2D eigenvalue weighted by Crippen LogP contribution is 2.32. The fraction of sp³-hybridized carbons (Fsp3) is 0.467. The molecule has 0 bridgehead atoms. The number of carboxylic acid groups (broad SMARTS) is 1. The number of anilines is 1. The van der Waals surface area contributed by atoms with Gasteiger partial charge < -0.3 is 15.7 Å². The van der Waals surface area contributed by atoms with Crippen molar-refractivity contribution in [1.29, 1.82) is 0 Å². The molecule has 20 heavy (non-hydrogen) atoms. The van der Waals surface area contributed by atoms with Crippen LogP contribution in [0.15, 0.2) is 12.1 Å². The number of benzene rings is 1. The van der Waals surface area contributed by atoms with Crippen LogP contribution in [0.4, 0.5) is 10.5 Å². The van der Waals surface area contributed by atoms with E-state index >= 15 is 0 Å². The van der Waals surface area contributed by atoms with E-state index in [0.717, 1.165) is 28.8 Å². The number of aryl methyl sites for hydroxylation is 3. The van der Waals surface area contributed by atoms with E-state index in [1.54, 1.807) is 0 Å². The van der Waals surface area contributed by atoms with Crippen LogP contribution in [0.3, 0.4) is 0 Å². The van der Waals surface area contributed by atoms with Crippen LogP contribution in [0.1, 0.15) is 36.0 Å². The molecule has 1 aromatic carbocycles. The molecule has 3 N–H and O–H groups in total. The van der Waals surface area contributed by atoms with E-state index in [9.17, 15) is 14.7 Å². The third kappa shape index (κ3) is 2.61. The minimum Gasteiger partial charge on any atom is -0.480 e. The molecule has 0 unspecified atom stereocenters. The van der Waals surface area contributed by atoms with Crippen molar-refractivity contribution in [1.82, 2.24) is 5.32 Å². The number of urea groups is 1. The minimum absolute atomic E-state index is 0.456. The summed E-state index contributed by atoms with van der Waals surface area (Å²) in [5.41, 5.74) is 2.72. The lowest BCUT2D eigenvalue weighted by molar-refractivity contribution is -0.148. The molecule has 1 aliphatic carbocycles. The van der Waals surface area contributed by atoms with Crippen LogP contribution in [0.25, 0.3) is 0 Å². The summed E-state index contributed by atoms with van der Waals surface area (Å²) >= 11 is 0. The first-order valence-corrected chi connectivity index (χ1v) is 6.74. The smallest absolute Gasteiger partial charge is 0.329 e. The maximum Gasteiger partial charge on any atom is 0.329 e. The predicted molar refractivity (Wildman–Crippen MR) is 77.0 cm³/mol. The van der Waals surface area contributed by atoms with Crippen molar-refractivity contribution in [2.45, 2.75) is 45.6 Å². The van der Waals surface area contributed by atoms with Crippen molar-refractivity contribution in [2.75, 3.05) is 5.32 Å². The highest BCUT2D eigenvalue weighted by atomic mass is 16.4. The first-order valence-electron chi connectivity index (χ1n) is 6.74. The number of hydrogen-bond donors (Lipinski definition) is 3. The maximum absolute atomic E-state index is 12.0. The second kappa shape index (κ2) is 5.15. The van der Waals surface area contributed by atoms with Crippen molar-refractivity contribution in [2.24, 2.45) is 0 Å². The van der Waals surface area contributed by atoms with Gasteiger partial charge in [-0.1, -0.05) is 17.7 Å². The van der Waals surface area contributed by atoms with Gasteiger partial charge in [0.25, 0.3) is 0 Å². The summed E-state index contributed by atoms with van der Waals surface area (Å²) in [6, 6.07) is 3.51. The van der Waals surface area contributed by atoms with E-state index in [2.05, 4.69) is 10.6 Å². The van der Waals surface area contributed by atoms with Gasteiger partial charge in [-0.3, -0.25) is 0 Å². The first-order chi connectivity index (χ1) is 9.34. The zero-order chi connectivity index (χ0) is 14.9. The van der Waals surface area contributed by atoms with Crippen LogP contribution in [-0.2, 0) is 4.79 Å². The molecule has 5 nitrogen and oxygen atoms in total. The molecule has 2 amide bonds. The summed E-state index contributed by atoms with van der Waals surface area (Å²) in [6.45, 7) is 5.84. The van der Waals surface area contributed by atoms with Gasteiger partial charge in [-0.2, -0.15) is 0 Å². The van der Waals surface area contributed by atoms with E-state index < -0.39 is 17.5 Å². The van der Waals surface area contributed by atoms with Gasteiger partial charge in [0.05, 0.1) is 0 Å². The van der Waals surface area contributed by atoms with Crippen molar-refractivity contribution in [3.63, 3.8) is 0 Å². The van der Waals surface area contributed by atoms with Crippen molar-refractivity contribution in [3.8, 4) is 0 Å². The first kappa shape index (κ1) is 14.4. The predicted octanol–water partition coefficient (Wildman–Crippen LogP) is 2.74. The van der Waals surface area contributed by atoms with E-state index in [4.69, 9.17) is 0 Å². The van der Waals surface area contributed by atoms with E-state index in [1.807, 2.05) is 32.9 Å². The molecule has 1 saturated carbocycles. The molecule has 0 heterocycles. The Balaban J connectivity index is 2.11. The Morgan fingerprint density at radius 3 is 2.10 bits per heavy atom. The van der Waals surface area contributed by atoms with Crippen LogP contribution in [0.5, 0.6) is 0 Å². The Morgan fingerprint density at radius 1 is 1.15 bits per heavy atom. The molecule has 2 rings (SSSR count). The zero-order valence-electron chi connectivity index (χ0n) is 12.0. The summed E-state index contributed by atoms with van der Waals surface area (Å²) < 4.78 is 0. The standard InChI is InChI=1S/C15H20N2O3/c1-9-7-10(2)12(11(3)8-9)16-14(20)17-15(13(18)19)5-4-6-15/h7-8H,4-6H2,1-3H3,(H,18,19)(H2,16,17,20). The molecule has 1 fully saturated rings. The molecular weight excluding hydrogens is 256 g/mol. The highest BCUT2D eigenvalue weighted by Gasteiger charge is 2.45. The molecule has 1 aliphatic rings. The summed E-state index contributed by atoms with van der Waals surface area (Å²) in [5.74, 6) is -0.962. The number of amides is 2. The fourth-order valence-corrected chi connectivity index (χ4v) is 2.66. The van der Waals surface area contributed by atoms with Crippen LogP contribution in [0.2, 0.25) is 0 Å². The number of carbonyl (C=O) groups is 2. The lowest BCUT2D eigenvalue weighted by atomic mass is 9.77. The molecule has 0 atom stereocenters. The lowest BCUT2D eigenvalue weighted by Gasteiger charge is -2.38. The Hall–Kier alpha value is -2.04. The SMILES string of the molecule is Cc1cc(C)c(NC(=O)NC2(C(=O)O)CCC2)c(C)c1. The Bertz CT molecular complexity index is 539. The Labute approximate surface area is 118 Å². The average Bonchev–Trinajstić information content (AvgIpc) is 2.28. The molecular formula is C15H20N2O3. The molecule has 108 valence electrons. The van der Waals surface area contributed by atoms with Crippen molar-refractivity contribution >= 4 is 17.7 Å². The summed E-state index contributed by atoms with van der Waals surface area (Å²) in [5, 5.41) is 14.6. The molecule has 0 spiro atoms. The number of carboxylic acids is 1. The Morgan fingerprint density at radius 2 is 1.70 bits per heavy atom. The van der Waals surface area contributed by atoms with E-state index in [-0.39, 0.29) is 0 Å². The van der Waals surface area contributed by atoms with Gasteiger partial charge >= 0.3 is 12.0 Å². The van der Waals surface area contributed by atoms with Gasteiger partial charge in [0.15, 0.2) is 0 Å². The quantitative estimate of drug-likeness (QED) is 0.794. The average molecular weight is 276 g/mol. The van der Waals surface area contributed by atoms with Crippen molar-refractivity contribution < 1.29 is 14.7 Å². The van der Waals surface area contributed by atoms with Gasteiger partial charge in [0.1, 0.15) is 5.54 Å². The molecule has 1 aromatic rings. The number of hydrogen-bond acceptors (Lipinski definition) is 2. The highest BCUT2D eigenvalue weighted by molar-refractivity contribution is 5.95. The third-order valence-corrected chi connectivity index (χ3v) is 3.88. The summed E-state index contributed by atoms with van der Waals surface area (Å²) in [7, 11) is 0. The topological polar surface area (TPSA) is 78.4 Å². The summed E-state index contributed by atoms with van der Waals surface area (Å²) in [4.78, 5) is 23.3. The van der Waals surface area contributed by atoms with Crippen molar-refractivity contribution in [3.05, 3.63) is 28.8 Å². The molecule has 5 heteroatoms. The Kier molecular flexibility index (Phi) is 3.70. The third-order valence-electron chi connectivity index (χ3n) is 3.88. The number of rotatable bonds is 3. The number of nitrogens with one attached hydrogen (secondary N) is 2. The van der Waals surface area contributed by atoms with Gasteiger partial charge in [-0.25, -0.2) is 9.59 Å². The second-order valence-corrected chi connectivity index (χ2v) is 5.59. The van der Waals surface area contributed by atoms with Crippen LogP contribution >= 0.6 is 0 Å². The van der Waals surface area contributed by atoms with Gasteiger partial charge in [0, 0.05) is 5.69 Å². The van der Waals surface area contributed by atoms with Crippen LogP contribution in [0, 0.1) is 20.8 Å². The normalized spacial score (nSPS) is 16.1. The van der Waals surface area contributed by atoms with E-state index in [0.29, 0.717) is 12.8 Å². The fourth-order valence-electron chi connectivity index (χ4n) is 2.66. The second-order valence-electron chi connectivity index (χ2n) is 5.59. The zero-order valence-corrected chi connectivity index (χ0v) is 12.0. The van der Waals surface area contributed by atoms with Crippen LogP contribution < -0.4 is 10.6 Å². The molecule has 0 saturated heterocycles. The molecule has 0 aliphatic heterocycles. The maximum atomic E-state index is 12.0. The molecule has 0 aromatic heterocycles. The monoisotopic (exact) mass is 276 g/mol. The number of carbonyl (C=O) groups excluding carboxylic acids is 1.